The Morgan fingerprint density at radius 1 is 1.60 bits per heavy atom. The van der Waals surface area contributed by atoms with Gasteiger partial charge in [-0.1, -0.05) is 6.92 Å². The number of nitrogen functional groups attached to an aromatic ring is 1. The number of aromatic nitrogens is 1. The molecular formula is C9H11N3O3. The molecule has 0 aromatic carbocycles. The largest absolute Gasteiger partial charge is 0.424 e. The summed E-state index contributed by atoms with van der Waals surface area (Å²) < 4.78 is 4.90. The van der Waals surface area contributed by atoms with Crippen LogP contribution in [0.3, 0.4) is 0 Å². The van der Waals surface area contributed by atoms with Crippen LogP contribution in [-0.4, -0.2) is 16.9 Å². The molecule has 0 saturated carbocycles. The average Bonchev–Trinajstić information content (AvgIpc) is 2.28. The van der Waals surface area contributed by atoms with Gasteiger partial charge in [0.25, 0.3) is 5.91 Å². The number of amides is 1. The van der Waals surface area contributed by atoms with Gasteiger partial charge in [0.05, 0.1) is 0 Å². The minimum absolute atomic E-state index is 0.0122. The molecule has 0 aliphatic heterocycles. The molecule has 1 amide bonds. The Bertz CT molecular complexity index is 379. The van der Waals surface area contributed by atoms with Crippen LogP contribution in [0.15, 0.2) is 18.3 Å². The summed E-state index contributed by atoms with van der Waals surface area (Å²) in [6.45, 7) is 1.65. The van der Waals surface area contributed by atoms with Gasteiger partial charge < -0.3 is 4.74 Å². The standard InChI is InChI=1S/C9H11N3O3/c1-2-7(13)15-6-4-3-5-11-8(6)9(14)12-10/h3-5H,2,10H2,1H3,(H,12,14). The number of esters is 1. The third kappa shape index (κ3) is 2.75. The third-order valence-corrected chi connectivity index (χ3v) is 1.63. The van der Waals surface area contributed by atoms with Crippen molar-refractivity contribution in [3.63, 3.8) is 0 Å². The zero-order valence-corrected chi connectivity index (χ0v) is 8.19. The van der Waals surface area contributed by atoms with Crippen LogP contribution >= 0.6 is 0 Å². The fourth-order valence-electron chi connectivity index (χ4n) is 0.907. The summed E-state index contributed by atoms with van der Waals surface area (Å²) >= 11 is 0. The Hall–Kier alpha value is -1.95. The Labute approximate surface area is 86.4 Å². The first kappa shape index (κ1) is 11.1. The number of rotatable bonds is 3. The number of pyridine rings is 1. The predicted octanol–water partition coefficient (Wildman–Crippen LogP) is 0.000500. The minimum Gasteiger partial charge on any atom is -0.424 e. The van der Waals surface area contributed by atoms with Crippen molar-refractivity contribution in [3.05, 3.63) is 24.0 Å². The molecule has 0 radical (unpaired) electrons. The van der Waals surface area contributed by atoms with Gasteiger partial charge >= 0.3 is 5.97 Å². The van der Waals surface area contributed by atoms with Crippen LogP contribution in [0, 0.1) is 0 Å². The SMILES string of the molecule is CCC(=O)Oc1cccnc1C(=O)NN. The lowest BCUT2D eigenvalue weighted by molar-refractivity contribution is -0.134. The molecule has 0 spiro atoms. The van der Waals surface area contributed by atoms with Gasteiger partial charge in [0.15, 0.2) is 11.4 Å². The van der Waals surface area contributed by atoms with E-state index in [2.05, 4.69) is 4.98 Å². The Morgan fingerprint density at radius 3 is 2.93 bits per heavy atom. The van der Waals surface area contributed by atoms with E-state index in [-0.39, 0.29) is 17.9 Å². The lowest BCUT2D eigenvalue weighted by Crippen LogP contribution is -2.31. The Morgan fingerprint density at radius 2 is 2.33 bits per heavy atom. The van der Waals surface area contributed by atoms with Gasteiger partial charge in [-0.15, -0.1) is 0 Å². The molecule has 0 bridgehead atoms. The van der Waals surface area contributed by atoms with E-state index < -0.39 is 11.9 Å². The van der Waals surface area contributed by atoms with Crippen molar-refractivity contribution in [1.82, 2.24) is 10.4 Å². The third-order valence-electron chi connectivity index (χ3n) is 1.63. The highest BCUT2D eigenvalue weighted by molar-refractivity contribution is 5.95. The number of nitrogens with one attached hydrogen (secondary N) is 1. The first-order valence-corrected chi connectivity index (χ1v) is 4.35. The van der Waals surface area contributed by atoms with Crippen molar-refractivity contribution >= 4 is 11.9 Å². The molecule has 1 heterocycles. The average molecular weight is 209 g/mol. The molecule has 1 aromatic rings. The lowest BCUT2D eigenvalue weighted by Gasteiger charge is -2.06. The first-order valence-electron chi connectivity index (χ1n) is 4.35. The van der Waals surface area contributed by atoms with E-state index in [4.69, 9.17) is 10.6 Å². The molecule has 15 heavy (non-hydrogen) atoms. The summed E-state index contributed by atoms with van der Waals surface area (Å²) in [5.41, 5.74) is 1.91. The second-order valence-electron chi connectivity index (χ2n) is 2.65. The summed E-state index contributed by atoms with van der Waals surface area (Å²) in [6.07, 6.45) is 1.63. The van der Waals surface area contributed by atoms with Crippen LogP contribution in [0.4, 0.5) is 0 Å². The molecule has 0 aliphatic rings. The smallest absolute Gasteiger partial charge is 0.310 e. The fourth-order valence-corrected chi connectivity index (χ4v) is 0.907. The number of carbonyl (C=O) groups excluding carboxylic acids is 2. The van der Waals surface area contributed by atoms with Gasteiger partial charge in [-0.2, -0.15) is 0 Å². The summed E-state index contributed by atoms with van der Waals surface area (Å²) in [5, 5.41) is 0. The predicted molar refractivity (Wildman–Crippen MR) is 51.8 cm³/mol. The summed E-state index contributed by atoms with van der Waals surface area (Å²) in [5.74, 6) is 4.02. The topological polar surface area (TPSA) is 94.3 Å². The first-order chi connectivity index (χ1) is 7.19. The Kier molecular flexibility index (Phi) is 3.75. The molecule has 6 heteroatoms. The van der Waals surface area contributed by atoms with E-state index in [1.165, 1.54) is 12.3 Å². The molecule has 6 nitrogen and oxygen atoms in total. The van der Waals surface area contributed by atoms with Crippen molar-refractivity contribution in [2.24, 2.45) is 5.84 Å². The maximum atomic E-state index is 11.2. The van der Waals surface area contributed by atoms with Crippen LogP contribution < -0.4 is 16.0 Å². The maximum absolute atomic E-state index is 11.2. The Balaban J connectivity index is 2.96. The van der Waals surface area contributed by atoms with Crippen molar-refractivity contribution in [2.45, 2.75) is 13.3 Å². The number of nitrogens with two attached hydrogens (primary N) is 1. The zero-order valence-electron chi connectivity index (χ0n) is 8.19. The van der Waals surface area contributed by atoms with Crippen LogP contribution in [-0.2, 0) is 4.79 Å². The maximum Gasteiger partial charge on any atom is 0.310 e. The number of nitrogens with zero attached hydrogens (tertiary/aromatic N) is 1. The van der Waals surface area contributed by atoms with Crippen molar-refractivity contribution < 1.29 is 14.3 Å². The summed E-state index contributed by atoms with van der Waals surface area (Å²) in [6, 6.07) is 3.04. The highest BCUT2D eigenvalue weighted by atomic mass is 16.5. The van der Waals surface area contributed by atoms with Gasteiger partial charge in [0, 0.05) is 12.6 Å². The van der Waals surface area contributed by atoms with E-state index in [1.807, 2.05) is 5.43 Å². The molecule has 0 fully saturated rings. The molecule has 1 rings (SSSR count). The van der Waals surface area contributed by atoms with Crippen LogP contribution in [0.1, 0.15) is 23.8 Å². The molecule has 0 saturated heterocycles. The van der Waals surface area contributed by atoms with Crippen molar-refractivity contribution in [1.29, 1.82) is 0 Å². The molecule has 1 aromatic heterocycles. The molecular weight excluding hydrogens is 198 g/mol. The van der Waals surface area contributed by atoms with Gasteiger partial charge in [0.2, 0.25) is 0 Å². The van der Waals surface area contributed by atoms with Gasteiger partial charge in [0.1, 0.15) is 0 Å². The van der Waals surface area contributed by atoms with Crippen LogP contribution in [0.25, 0.3) is 0 Å². The van der Waals surface area contributed by atoms with Gasteiger partial charge in [-0.3, -0.25) is 15.0 Å². The molecule has 0 atom stereocenters. The highest BCUT2D eigenvalue weighted by Gasteiger charge is 2.14. The van der Waals surface area contributed by atoms with E-state index in [0.29, 0.717) is 0 Å². The number of ether oxygens (including phenoxy) is 1. The molecule has 0 unspecified atom stereocenters. The monoisotopic (exact) mass is 209 g/mol. The second kappa shape index (κ2) is 5.06. The second-order valence-corrected chi connectivity index (χ2v) is 2.65. The molecule has 0 aliphatic carbocycles. The fraction of sp³-hybridized carbons (Fsp3) is 0.222. The summed E-state index contributed by atoms with van der Waals surface area (Å²) in [7, 11) is 0. The minimum atomic E-state index is -0.602. The van der Waals surface area contributed by atoms with E-state index in [0.717, 1.165) is 0 Å². The van der Waals surface area contributed by atoms with Crippen LogP contribution in [0.2, 0.25) is 0 Å². The lowest BCUT2D eigenvalue weighted by atomic mass is 10.3. The van der Waals surface area contributed by atoms with Crippen LogP contribution in [0.5, 0.6) is 5.75 Å². The van der Waals surface area contributed by atoms with Crippen molar-refractivity contribution in [3.8, 4) is 5.75 Å². The molecule has 3 N–H and O–H groups in total. The van der Waals surface area contributed by atoms with E-state index in [9.17, 15) is 9.59 Å². The number of hydrazine groups is 1. The van der Waals surface area contributed by atoms with Gasteiger partial charge in [-0.25, -0.2) is 10.8 Å². The van der Waals surface area contributed by atoms with Gasteiger partial charge in [-0.05, 0) is 12.1 Å². The normalized spacial score (nSPS) is 9.47. The number of hydrogen-bond acceptors (Lipinski definition) is 5. The van der Waals surface area contributed by atoms with E-state index >= 15 is 0 Å². The van der Waals surface area contributed by atoms with Crippen molar-refractivity contribution in [2.75, 3.05) is 0 Å². The number of carbonyl (C=O) groups is 2. The number of hydrogen-bond donors (Lipinski definition) is 2. The van der Waals surface area contributed by atoms with E-state index in [1.54, 1.807) is 13.0 Å². The summed E-state index contributed by atoms with van der Waals surface area (Å²) in [4.78, 5) is 26.0. The highest BCUT2D eigenvalue weighted by Crippen LogP contribution is 2.15. The molecule has 80 valence electrons. The zero-order chi connectivity index (χ0) is 11.3. The quantitative estimate of drug-likeness (QED) is 0.316.